The molecule has 1 heterocycles. The van der Waals surface area contributed by atoms with Crippen molar-refractivity contribution in [1.82, 2.24) is 14.9 Å². The summed E-state index contributed by atoms with van der Waals surface area (Å²) in [7, 11) is -2.17. The molecule has 178 valence electrons. The van der Waals surface area contributed by atoms with Gasteiger partial charge in [0.25, 0.3) is 5.91 Å². The minimum atomic E-state index is -3.75. The zero-order valence-electron chi connectivity index (χ0n) is 18.8. The van der Waals surface area contributed by atoms with Crippen LogP contribution in [0.25, 0.3) is 0 Å². The molecule has 33 heavy (non-hydrogen) atoms. The Bertz CT molecular complexity index is 1080. The Morgan fingerprint density at radius 2 is 1.76 bits per heavy atom. The van der Waals surface area contributed by atoms with Crippen molar-refractivity contribution >= 4 is 21.8 Å². The maximum Gasteiger partial charge on any atom is 0.251 e. The molecule has 0 aliphatic carbocycles. The van der Waals surface area contributed by atoms with E-state index < -0.39 is 15.9 Å². The second kappa shape index (κ2) is 11.3. The Morgan fingerprint density at radius 1 is 1.06 bits per heavy atom. The number of methoxy groups -OCH3 is 1. The molecule has 0 atom stereocenters. The number of sulfonamides is 1. The number of ether oxygens (including phenoxy) is 2. The first-order valence-corrected chi connectivity index (χ1v) is 12.2. The molecule has 0 aromatic heterocycles. The first-order valence-electron chi connectivity index (χ1n) is 10.7. The molecule has 2 aromatic rings. The standard InChI is InChI=1S/C23H29N3O6S/c1-3-18-6-7-19(14-21(18)33(29,30)26-10-12-32-13-11-26)23(28)25-16-22(27)24-15-17-4-8-20(31-2)9-5-17/h4-9,14H,3,10-13,15-16H2,1-2H3,(H,24,27)(H,25,28). The third-order valence-corrected chi connectivity index (χ3v) is 7.34. The molecule has 1 saturated heterocycles. The monoisotopic (exact) mass is 475 g/mol. The van der Waals surface area contributed by atoms with Crippen molar-refractivity contribution in [2.45, 2.75) is 24.8 Å². The van der Waals surface area contributed by atoms with Gasteiger partial charge in [0.1, 0.15) is 5.75 Å². The minimum absolute atomic E-state index is 0.114. The van der Waals surface area contributed by atoms with E-state index in [1.807, 2.05) is 19.1 Å². The molecule has 10 heteroatoms. The molecule has 0 radical (unpaired) electrons. The van der Waals surface area contributed by atoms with Crippen LogP contribution in [0.2, 0.25) is 0 Å². The largest absolute Gasteiger partial charge is 0.497 e. The Kier molecular flexibility index (Phi) is 8.43. The van der Waals surface area contributed by atoms with E-state index in [1.165, 1.54) is 10.4 Å². The average Bonchev–Trinajstić information content (AvgIpc) is 2.86. The lowest BCUT2D eigenvalue weighted by atomic mass is 10.1. The van der Waals surface area contributed by atoms with Gasteiger partial charge in [-0.3, -0.25) is 9.59 Å². The first-order chi connectivity index (χ1) is 15.8. The van der Waals surface area contributed by atoms with Crippen LogP contribution < -0.4 is 15.4 Å². The number of rotatable bonds is 9. The Hall–Kier alpha value is -2.95. The van der Waals surface area contributed by atoms with Crippen molar-refractivity contribution < 1.29 is 27.5 Å². The van der Waals surface area contributed by atoms with E-state index >= 15 is 0 Å². The van der Waals surface area contributed by atoms with E-state index in [0.717, 1.165) is 11.3 Å². The highest BCUT2D eigenvalue weighted by Crippen LogP contribution is 2.23. The number of carbonyl (C=O) groups excluding carboxylic acids is 2. The Morgan fingerprint density at radius 3 is 2.39 bits per heavy atom. The van der Waals surface area contributed by atoms with Crippen molar-refractivity contribution in [3.05, 3.63) is 59.2 Å². The van der Waals surface area contributed by atoms with Gasteiger partial charge in [-0.2, -0.15) is 4.31 Å². The molecule has 9 nitrogen and oxygen atoms in total. The van der Waals surface area contributed by atoms with Gasteiger partial charge in [-0.05, 0) is 41.8 Å². The Balaban J connectivity index is 1.62. The van der Waals surface area contributed by atoms with Gasteiger partial charge < -0.3 is 20.1 Å². The number of hydrogen-bond donors (Lipinski definition) is 2. The summed E-state index contributed by atoms with van der Waals surface area (Å²) in [5, 5.41) is 5.28. The van der Waals surface area contributed by atoms with E-state index in [9.17, 15) is 18.0 Å². The highest BCUT2D eigenvalue weighted by molar-refractivity contribution is 7.89. The van der Waals surface area contributed by atoms with E-state index in [4.69, 9.17) is 9.47 Å². The summed E-state index contributed by atoms with van der Waals surface area (Å²) in [5.41, 5.74) is 1.71. The smallest absolute Gasteiger partial charge is 0.251 e. The molecule has 0 bridgehead atoms. The van der Waals surface area contributed by atoms with Crippen LogP contribution in [0.4, 0.5) is 0 Å². The van der Waals surface area contributed by atoms with Gasteiger partial charge in [-0.15, -0.1) is 0 Å². The van der Waals surface area contributed by atoms with Gasteiger partial charge in [-0.25, -0.2) is 8.42 Å². The quantitative estimate of drug-likeness (QED) is 0.566. The summed E-state index contributed by atoms with van der Waals surface area (Å²) in [6.45, 7) is 3.17. The fourth-order valence-electron chi connectivity index (χ4n) is 3.42. The number of hydrogen-bond acceptors (Lipinski definition) is 6. The van der Waals surface area contributed by atoms with Crippen molar-refractivity contribution in [2.75, 3.05) is 40.0 Å². The minimum Gasteiger partial charge on any atom is -0.497 e. The predicted molar refractivity (Wildman–Crippen MR) is 123 cm³/mol. The van der Waals surface area contributed by atoms with Crippen molar-refractivity contribution in [1.29, 1.82) is 0 Å². The molecule has 3 rings (SSSR count). The van der Waals surface area contributed by atoms with Crippen LogP contribution in [0.15, 0.2) is 47.4 Å². The topological polar surface area (TPSA) is 114 Å². The van der Waals surface area contributed by atoms with E-state index in [1.54, 1.807) is 31.4 Å². The van der Waals surface area contributed by atoms with Gasteiger partial charge in [0, 0.05) is 25.2 Å². The maximum absolute atomic E-state index is 13.1. The highest BCUT2D eigenvalue weighted by atomic mass is 32.2. The molecule has 1 aliphatic heterocycles. The highest BCUT2D eigenvalue weighted by Gasteiger charge is 2.29. The molecule has 0 unspecified atom stereocenters. The summed E-state index contributed by atoms with van der Waals surface area (Å²) >= 11 is 0. The van der Waals surface area contributed by atoms with Gasteiger partial charge in [-0.1, -0.05) is 25.1 Å². The maximum atomic E-state index is 13.1. The van der Waals surface area contributed by atoms with Crippen LogP contribution in [0, 0.1) is 0 Å². The number of aryl methyl sites for hydroxylation is 1. The summed E-state index contributed by atoms with van der Waals surface area (Å²) in [4.78, 5) is 24.9. The number of nitrogens with one attached hydrogen (secondary N) is 2. The molecule has 2 N–H and O–H groups in total. The Labute approximate surface area is 194 Å². The average molecular weight is 476 g/mol. The second-order valence-electron chi connectivity index (χ2n) is 7.50. The van der Waals surface area contributed by atoms with Crippen LogP contribution in [0.1, 0.15) is 28.4 Å². The van der Waals surface area contributed by atoms with Gasteiger partial charge in [0.05, 0.1) is 31.8 Å². The molecule has 1 fully saturated rings. The molecule has 1 aliphatic rings. The fourth-order valence-corrected chi connectivity index (χ4v) is 5.15. The zero-order chi connectivity index (χ0) is 23.8. The zero-order valence-corrected chi connectivity index (χ0v) is 19.6. The van der Waals surface area contributed by atoms with E-state index in [0.29, 0.717) is 31.7 Å². The summed E-state index contributed by atoms with van der Waals surface area (Å²) in [6.07, 6.45) is 0.509. The van der Waals surface area contributed by atoms with Crippen LogP contribution in [0.3, 0.4) is 0 Å². The van der Waals surface area contributed by atoms with Gasteiger partial charge in [0.15, 0.2) is 0 Å². The molecular formula is C23H29N3O6S. The third-order valence-electron chi connectivity index (χ3n) is 5.36. The molecule has 0 spiro atoms. The lowest BCUT2D eigenvalue weighted by Gasteiger charge is -2.27. The predicted octanol–water partition coefficient (Wildman–Crippen LogP) is 1.32. The summed E-state index contributed by atoms with van der Waals surface area (Å²) in [6, 6.07) is 11.9. The van der Waals surface area contributed by atoms with Gasteiger partial charge in [0.2, 0.25) is 15.9 Å². The molecular weight excluding hydrogens is 446 g/mol. The number of amides is 2. The number of carbonyl (C=O) groups is 2. The normalized spacial score (nSPS) is 14.5. The summed E-state index contributed by atoms with van der Waals surface area (Å²) < 4.78 is 38.0. The van der Waals surface area contributed by atoms with Crippen molar-refractivity contribution in [3.8, 4) is 5.75 Å². The van der Waals surface area contributed by atoms with Crippen LogP contribution in [-0.4, -0.2) is 64.5 Å². The molecule has 2 amide bonds. The lowest BCUT2D eigenvalue weighted by Crippen LogP contribution is -2.41. The van der Waals surface area contributed by atoms with Gasteiger partial charge >= 0.3 is 0 Å². The number of nitrogens with zero attached hydrogens (tertiary/aromatic N) is 1. The fraction of sp³-hybridized carbons (Fsp3) is 0.391. The van der Waals surface area contributed by atoms with Crippen LogP contribution in [0.5, 0.6) is 5.75 Å². The van der Waals surface area contributed by atoms with Crippen molar-refractivity contribution in [3.63, 3.8) is 0 Å². The number of morpholine rings is 1. The first kappa shape index (κ1) is 24.7. The summed E-state index contributed by atoms with van der Waals surface area (Å²) in [5.74, 6) is -0.150. The second-order valence-corrected chi connectivity index (χ2v) is 9.41. The van der Waals surface area contributed by atoms with Crippen LogP contribution >= 0.6 is 0 Å². The van der Waals surface area contributed by atoms with Crippen molar-refractivity contribution in [2.24, 2.45) is 0 Å². The molecule has 2 aromatic carbocycles. The van der Waals surface area contributed by atoms with Crippen LogP contribution in [-0.2, 0) is 32.5 Å². The van der Waals surface area contributed by atoms with E-state index in [2.05, 4.69) is 10.6 Å². The van der Waals surface area contributed by atoms with E-state index in [-0.39, 0.29) is 36.0 Å². The lowest BCUT2D eigenvalue weighted by molar-refractivity contribution is -0.120. The molecule has 0 saturated carbocycles. The number of benzene rings is 2. The third kappa shape index (κ3) is 6.31. The SMILES string of the molecule is CCc1ccc(C(=O)NCC(=O)NCc2ccc(OC)cc2)cc1S(=O)(=O)N1CCOCC1.